The Morgan fingerprint density at radius 3 is 2.77 bits per heavy atom. The van der Waals surface area contributed by atoms with Gasteiger partial charge in [-0.05, 0) is 6.07 Å². The number of carbonyl (C=O) groups is 1. The van der Waals surface area contributed by atoms with Gasteiger partial charge >= 0.3 is 0 Å². The molecule has 0 radical (unpaired) electrons. The van der Waals surface area contributed by atoms with E-state index in [1.165, 1.54) is 18.2 Å². The minimum Gasteiger partial charge on any atom is -0.392 e. The highest BCUT2D eigenvalue weighted by atomic mass is 19.1. The molecule has 0 aliphatic rings. The predicted molar refractivity (Wildman–Crippen MR) is 46.9 cm³/mol. The summed E-state index contributed by atoms with van der Waals surface area (Å²) in [6, 6.07) is 4.23. The van der Waals surface area contributed by atoms with Gasteiger partial charge in [0.25, 0.3) is 0 Å². The van der Waals surface area contributed by atoms with E-state index in [4.69, 9.17) is 5.11 Å². The molecular weight excluding hydrogens is 171 g/mol. The fourth-order valence-corrected chi connectivity index (χ4v) is 1.17. The molecule has 0 atom stereocenters. The fraction of sp³-hybridized carbons (Fsp3) is 0.300. The van der Waals surface area contributed by atoms with Gasteiger partial charge in [-0.3, -0.25) is 4.79 Å². The van der Waals surface area contributed by atoms with Crippen LogP contribution in [-0.2, 0) is 6.61 Å². The molecule has 0 aliphatic heterocycles. The lowest BCUT2D eigenvalue weighted by Gasteiger charge is -2.05. The Hall–Kier alpha value is -1.22. The molecule has 70 valence electrons. The van der Waals surface area contributed by atoms with Crippen LogP contribution in [0, 0.1) is 5.82 Å². The Morgan fingerprint density at radius 2 is 2.23 bits per heavy atom. The van der Waals surface area contributed by atoms with Crippen LogP contribution < -0.4 is 0 Å². The maximum absolute atomic E-state index is 13.0. The van der Waals surface area contributed by atoms with Crippen molar-refractivity contribution in [1.82, 2.24) is 0 Å². The molecule has 2 nitrogen and oxygen atoms in total. The minimum atomic E-state index is -0.526. The smallest absolute Gasteiger partial charge is 0.163 e. The molecule has 1 rings (SSSR count). The first-order chi connectivity index (χ1) is 6.20. The van der Waals surface area contributed by atoms with Gasteiger partial charge in [-0.25, -0.2) is 4.39 Å². The van der Waals surface area contributed by atoms with Crippen molar-refractivity contribution in [1.29, 1.82) is 0 Å². The number of carbonyl (C=O) groups excluding carboxylic acids is 1. The van der Waals surface area contributed by atoms with E-state index in [0.29, 0.717) is 6.42 Å². The third-order valence-electron chi connectivity index (χ3n) is 1.90. The van der Waals surface area contributed by atoms with Crippen molar-refractivity contribution >= 4 is 5.78 Å². The largest absolute Gasteiger partial charge is 0.392 e. The van der Waals surface area contributed by atoms with Gasteiger partial charge in [0.1, 0.15) is 5.82 Å². The van der Waals surface area contributed by atoms with E-state index in [1.54, 1.807) is 6.92 Å². The van der Waals surface area contributed by atoms with Crippen molar-refractivity contribution in [2.24, 2.45) is 0 Å². The number of ketones is 1. The second-order valence-corrected chi connectivity index (χ2v) is 2.70. The van der Waals surface area contributed by atoms with E-state index < -0.39 is 12.4 Å². The molecule has 0 heterocycles. The van der Waals surface area contributed by atoms with Crippen molar-refractivity contribution in [3.63, 3.8) is 0 Å². The summed E-state index contributed by atoms with van der Waals surface area (Å²) in [7, 11) is 0. The molecule has 1 N–H and O–H groups in total. The van der Waals surface area contributed by atoms with Crippen molar-refractivity contribution < 1.29 is 14.3 Å². The standard InChI is InChI=1S/C10H11FO2/c1-2-10(13)7-4-3-5-9(11)8(7)6-12/h3-5,12H,2,6H2,1H3. The topological polar surface area (TPSA) is 37.3 Å². The first-order valence-electron chi connectivity index (χ1n) is 4.12. The van der Waals surface area contributed by atoms with Crippen molar-refractivity contribution in [2.45, 2.75) is 20.0 Å². The van der Waals surface area contributed by atoms with Crippen LogP contribution in [-0.4, -0.2) is 10.9 Å². The first-order valence-corrected chi connectivity index (χ1v) is 4.12. The summed E-state index contributed by atoms with van der Waals surface area (Å²) in [5.74, 6) is -0.676. The van der Waals surface area contributed by atoms with E-state index >= 15 is 0 Å². The Balaban J connectivity index is 3.20. The summed E-state index contributed by atoms with van der Waals surface area (Å²) in [6.45, 7) is 1.27. The summed E-state index contributed by atoms with van der Waals surface area (Å²) in [5.41, 5.74) is 0.374. The normalized spacial score (nSPS) is 10.1. The zero-order valence-corrected chi connectivity index (χ0v) is 7.38. The molecule has 0 fully saturated rings. The molecule has 0 bridgehead atoms. The molecule has 1 aromatic carbocycles. The van der Waals surface area contributed by atoms with E-state index in [1.807, 2.05) is 0 Å². The molecule has 0 unspecified atom stereocenters. The van der Waals surface area contributed by atoms with Gasteiger partial charge in [0.15, 0.2) is 5.78 Å². The van der Waals surface area contributed by atoms with Gasteiger partial charge < -0.3 is 5.11 Å². The van der Waals surface area contributed by atoms with Crippen LogP contribution in [0.25, 0.3) is 0 Å². The van der Waals surface area contributed by atoms with Crippen LogP contribution >= 0.6 is 0 Å². The molecule has 0 saturated heterocycles. The van der Waals surface area contributed by atoms with Gasteiger partial charge in [-0.15, -0.1) is 0 Å². The fourth-order valence-electron chi connectivity index (χ4n) is 1.17. The monoisotopic (exact) mass is 182 g/mol. The Morgan fingerprint density at radius 1 is 1.54 bits per heavy atom. The van der Waals surface area contributed by atoms with Crippen LogP contribution in [0.15, 0.2) is 18.2 Å². The number of hydrogen-bond donors (Lipinski definition) is 1. The number of aliphatic hydroxyl groups is 1. The van der Waals surface area contributed by atoms with Gasteiger partial charge in [-0.1, -0.05) is 19.1 Å². The Kier molecular flexibility index (Phi) is 3.14. The number of hydrogen-bond acceptors (Lipinski definition) is 2. The number of Topliss-reactive ketones (excluding diaryl/α,β-unsaturated/α-hetero) is 1. The minimum absolute atomic E-state index is 0.0920. The van der Waals surface area contributed by atoms with Crippen molar-refractivity contribution in [2.75, 3.05) is 0 Å². The van der Waals surface area contributed by atoms with E-state index in [0.717, 1.165) is 0 Å². The number of rotatable bonds is 3. The third-order valence-corrected chi connectivity index (χ3v) is 1.90. The Bertz CT molecular complexity index is 321. The Labute approximate surface area is 76.0 Å². The summed E-state index contributed by atoms with van der Waals surface area (Å²) in [6.07, 6.45) is 0.316. The predicted octanol–water partition coefficient (Wildman–Crippen LogP) is 1.91. The quantitative estimate of drug-likeness (QED) is 0.725. The molecule has 0 spiro atoms. The molecule has 3 heteroatoms. The summed E-state index contributed by atoms with van der Waals surface area (Å²) in [5, 5.41) is 8.85. The molecule has 0 aromatic heterocycles. The van der Waals surface area contributed by atoms with E-state index in [9.17, 15) is 9.18 Å². The van der Waals surface area contributed by atoms with E-state index in [-0.39, 0.29) is 16.9 Å². The van der Waals surface area contributed by atoms with Gasteiger partial charge in [-0.2, -0.15) is 0 Å². The highest BCUT2D eigenvalue weighted by molar-refractivity contribution is 5.97. The lowest BCUT2D eigenvalue weighted by atomic mass is 10.0. The summed E-state index contributed by atoms with van der Waals surface area (Å²) >= 11 is 0. The number of benzene rings is 1. The first kappa shape index (κ1) is 9.86. The third kappa shape index (κ3) is 1.92. The van der Waals surface area contributed by atoms with E-state index in [2.05, 4.69) is 0 Å². The zero-order valence-electron chi connectivity index (χ0n) is 7.38. The number of aliphatic hydroxyl groups excluding tert-OH is 1. The van der Waals surface area contributed by atoms with Crippen LogP contribution in [0.1, 0.15) is 29.3 Å². The van der Waals surface area contributed by atoms with Crippen LogP contribution in [0.3, 0.4) is 0 Å². The van der Waals surface area contributed by atoms with Gasteiger partial charge in [0.2, 0.25) is 0 Å². The second kappa shape index (κ2) is 4.14. The highest BCUT2D eigenvalue weighted by Gasteiger charge is 2.11. The average Bonchev–Trinajstić information content (AvgIpc) is 2.16. The maximum Gasteiger partial charge on any atom is 0.163 e. The van der Waals surface area contributed by atoms with Gasteiger partial charge in [0.05, 0.1) is 6.61 Å². The molecule has 1 aromatic rings. The average molecular weight is 182 g/mol. The molecule has 13 heavy (non-hydrogen) atoms. The van der Waals surface area contributed by atoms with Crippen LogP contribution in [0.5, 0.6) is 0 Å². The van der Waals surface area contributed by atoms with Crippen LogP contribution in [0.2, 0.25) is 0 Å². The molecule has 0 amide bonds. The van der Waals surface area contributed by atoms with Gasteiger partial charge in [0, 0.05) is 17.5 Å². The lowest BCUT2D eigenvalue weighted by molar-refractivity contribution is 0.0984. The zero-order chi connectivity index (χ0) is 9.84. The molecule has 0 saturated carbocycles. The summed E-state index contributed by atoms with van der Waals surface area (Å²) in [4.78, 5) is 11.3. The molecule has 0 aliphatic carbocycles. The SMILES string of the molecule is CCC(=O)c1cccc(F)c1CO. The maximum atomic E-state index is 13.0. The van der Waals surface area contributed by atoms with Crippen molar-refractivity contribution in [3.8, 4) is 0 Å². The van der Waals surface area contributed by atoms with Crippen molar-refractivity contribution in [3.05, 3.63) is 35.1 Å². The summed E-state index contributed by atoms with van der Waals surface area (Å²) < 4.78 is 13.0. The van der Waals surface area contributed by atoms with Crippen LogP contribution in [0.4, 0.5) is 4.39 Å². The number of halogens is 1. The lowest BCUT2D eigenvalue weighted by Crippen LogP contribution is -2.04. The molecular formula is C10H11FO2. The second-order valence-electron chi connectivity index (χ2n) is 2.70. The highest BCUT2D eigenvalue weighted by Crippen LogP contribution is 2.15.